The second-order valence-corrected chi connectivity index (χ2v) is 5.33. The first-order chi connectivity index (χ1) is 10.2. The molecule has 1 aliphatic rings. The Hall–Kier alpha value is -2.43. The number of carbonyl (C=O) groups is 1. The van der Waals surface area contributed by atoms with E-state index < -0.39 is 0 Å². The highest BCUT2D eigenvalue weighted by molar-refractivity contribution is 5.92. The zero-order chi connectivity index (χ0) is 14.7. The molecule has 1 saturated carbocycles. The van der Waals surface area contributed by atoms with E-state index in [0.29, 0.717) is 18.3 Å². The summed E-state index contributed by atoms with van der Waals surface area (Å²) in [6, 6.07) is 12.0. The van der Waals surface area contributed by atoms with E-state index in [9.17, 15) is 4.79 Å². The second-order valence-electron chi connectivity index (χ2n) is 5.33. The van der Waals surface area contributed by atoms with Crippen LogP contribution in [-0.2, 0) is 6.54 Å². The lowest BCUT2D eigenvalue weighted by atomic mass is 10.1. The molecule has 1 heterocycles. The van der Waals surface area contributed by atoms with Crippen LogP contribution in [0.5, 0.6) is 0 Å². The van der Waals surface area contributed by atoms with Gasteiger partial charge in [-0.1, -0.05) is 24.3 Å². The van der Waals surface area contributed by atoms with Crippen LogP contribution in [0.4, 0.5) is 5.82 Å². The summed E-state index contributed by atoms with van der Waals surface area (Å²) in [5.41, 5.74) is 2.60. The number of aromatic nitrogens is 2. The monoisotopic (exact) mass is 282 g/mol. The molecular formula is C16H18N4O. The normalized spacial score (nSPS) is 13.8. The molecule has 0 saturated heterocycles. The Bertz CT molecular complexity index is 635. The smallest absolute Gasteiger partial charge is 0.272 e. The van der Waals surface area contributed by atoms with Crippen LogP contribution in [0.1, 0.15) is 34.5 Å². The van der Waals surface area contributed by atoms with Crippen LogP contribution in [0.15, 0.2) is 36.4 Å². The van der Waals surface area contributed by atoms with E-state index in [1.54, 1.807) is 12.1 Å². The van der Waals surface area contributed by atoms with Crippen LogP contribution in [0.2, 0.25) is 0 Å². The van der Waals surface area contributed by atoms with Gasteiger partial charge in [0.1, 0.15) is 5.82 Å². The minimum absolute atomic E-state index is 0.205. The Balaban J connectivity index is 1.58. The number of nitrogens with one attached hydrogen (secondary N) is 2. The predicted octanol–water partition coefficient (Wildman–Crippen LogP) is 2.29. The number of carbonyl (C=O) groups excluding carboxylic acids is 1. The van der Waals surface area contributed by atoms with E-state index in [4.69, 9.17) is 0 Å². The molecule has 3 rings (SSSR count). The minimum atomic E-state index is -0.205. The summed E-state index contributed by atoms with van der Waals surface area (Å²) in [7, 11) is 0. The summed E-state index contributed by atoms with van der Waals surface area (Å²) >= 11 is 0. The molecule has 2 N–H and O–H groups in total. The van der Waals surface area contributed by atoms with Crippen molar-refractivity contribution >= 4 is 11.7 Å². The molecule has 5 heteroatoms. The van der Waals surface area contributed by atoms with Crippen molar-refractivity contribution in [3.8, 4) is 0 Å². The van der Waals surface area contributed by atoms with Gasteiger partial charge in [-0.05, 0) is 43.0 Å². The highest BCUT2D eigenvalue weighted by atomic mass is 16.1. The average Bonchev–Trinajstić information content (AvgIpc) is 3.31. The predicted molar refractivity (Wildman–Crippen MR) is 81.0 cm³/mol. The highest BCUT2D eigenvalue weighted by Crippen LogP contribution is 2.23. The molecule has 1 aromatic carbocycles. The Labute approximate surface area is 123 Å². The van der Waals surface area contributed by atoms with Gasteiger partial charge < -0.3 is 10.6 Å². The highest BCUT2D eigenvalue weighted by Gasteiger charge is 2.21. The quantitative estimate of drug-likeness (QED) is 0.883. The van der Waals surface area contributed by atoms with Crippen molar-refractivity contribution in [3.63, 3.8) is 0 Å². The third kappa shape index (κ3) is 3.56. The van der Waals surface area contributed by atoms with Crippen LogP contribution in [0.25, 0.3) is 0 Å². The van der Waals surface area contributed by atoms with Crippen molar-refractivity contribution in [2.75, 3.05) is 5.32 Å². The number of amides is 1. The number of rotatable bonds is 5. The summed E-state index contributed by atoms with van der Waals surface area (Å²) in [4.78, 5) is 12.0. The first-order valence-electron chi connectivity index (χ1n) is 7.15. The fraction of sp³-hybridized carbons (Fsp3) is 0.312. The van der Waals surface area contributed by atoms with Crippen LogP contribution in [-0.4, -0.2) is 22.1 Å². The molecule has 0 atom stereocenters. The van der Waals surface area contributed by atoms with E-state index in [1.807, 2.05) is 31.2 Å². The number of benzene rings is 1. The maximum atomic E-state index is 12.0. The van der Waals surface area contributed by atoms with Crippen molar-refractivity contribution in [1.29, 1.82) is 0 Å². The van der Waals surface area contributed by atoms with Crippen molar-refractivity contribution in [2.45, 2.75) is 32.4 Å². The zero-order valence-electron chi connectivity index (χ0n) is 12.0. The molecule has 1 fully saturated rings. The molecule has 5 nitrogen and oxygen atoms in total. The van der Waals surface area contributed by atoms with Crippen molar-refractivity contribution in [1.82, 2.24) is 15.5 Å². The fourth-order valence-electron chi connectivity index (χ4n) is 2.04. The third-order valence-corrected chi connectivity index (χ3v) is 3.53. The lowest BCUT2D eigenvalue weighted by Crippen LogP contribution is -2.24. The van der Waals surface area contributed by atoms with E-state index in [2.05, 4.69) is 20.8 Å². The Kier molecular flexibility index (Phi) is 3.81. The van der Waals surface area contributed by atoms with Gasteiger partial charge in [-0.25, -0.2) is 0 Å². The molecule has 0 radical (unpaired) electrons. The van der Waals surface area contributed by atoms with Crippen molar-refractivity contribution in [3.05, 3.63) is 53.2 Å². The maximum Gasteiger partial charge on any atom is 0.272 e. The molecule has 0 bridgehead atoms. The van der Waals surface area contributed by atoms with Crippen molar-refractivity contribution < 1.29 is 4.79 Å². The Morgan fingerprint density at radius 1 is 1.19 bits per heavy atom. The summed E-state index contributed by atoms with van der Waals surface area (Å²) in [5.74, 6) is 0.525. The summed E-state index contributed by atoms with van der Waals surface area (Å²) in [5, 5.41) is 14.1. The first kappa shape index (κ1) is 13.5. The average molecular weight is 282 g/mol. The number of anilines is 1. The van der Waals surface area contributed by atoms with Gasteiger partial charge >= 0.3 is 0 Å². The van der Waals surface area contributed by atoms with E-state index in [1.165, 1.54) is 12.8 Å². The molecule has 0 aliphatic heterocycles. The lowest BCUT2D eigenvalue weighted by molar-refractivity contribution is 0.0945. The minimum Gasteiger partial charge on any atom is -0.366 e. The summed E-state index contributed by atoms with van der Waals surface area (Å²) < 4.78 is 0. The largest absolute Gasteiger partial charge is 0.366 e. The number of hydrogen-bond donors (Lipinski definition) is 2. The molecule has 0 spiro atoms. The van der Waals surface area contributed by atoms with Crippen LogP contribution in [0, 0.1) is 6.92 Å². The zero-order valence-corrected chi connectivity index (χ0v) is 12.0. The summed E-state index contributed by atoms with van der Waals surface area (Å²) in [6.45, 7) is 2.52. The van der Waals surface area contributed by atoms with Gasteiger partial charge in [-0.2, -0.15) is 0 Å². The topological polar surface area (TPSA) is 66.9 Å². The van der Waals surface area contributed by atoms with Gasteiger partial charge in [0.25, 0.3) is 5.91 Å². The molecular weight excluding hydrogens is 264 g/mol. The molecule has 0 unspecified atom stereocenters. The molecule has 1 amide bonds. The number of hydrogen-bond acceptors (Lipinski definition) is 4. The Morgan fingerprint density at radius 3 is 2.67 bits per heavy atom. The standard InChI is InChI=1S/C16H18N4O/c1-11-4-2-3-5-12(11)10-17-16(21)14-8-9-15(20-19-14)18-13-6-7-13/h2-5,8-9,13H,6-7,10H2,1H3,(H,17,21)(H,18,20). The fourth-order valence-corrected chi connectivity index (χ4v) is 2.04. The lowest BCUT2D eigenvalue weighted by Gasteiger charge is -2.07. The SMILES string of the molecule is Cc1ccccc1CNC(=O)c1ccc(NC2CC2)nn1. The van der Waals surface area contributed by atoms with E-state index in [0.717, 1.165) is 16.9 Å². The van der Waals surface area contributed by atoms with Gasteiger partial charge in [0.05, 0.1) is 0 Å². The van der Waals surface area contributed by atoms with Gasteiger partial charge in [0, 0.05) is 12.6 Å². The van der Waals surface area contributed by atoms with Crippen LogP contribution >= 0.6 is 0 Å². The van der Waals surface area contributed by atoms with Gasteiger partial charge in [-0.15, -0.1) is 10.2 Å². The molecule has 2 aromatic rings. The van der Waals surface area contributed by atoms with Crippen LogP contribution in [0.3, 0.4) is 0 Å². The third-order valence-electron chi connectivity index (χ3n) is 3.53. The van der Waals surface area contributed by atoms with Gasteiger partial charge in [0.15, 0.2) is 5.69 Å². The van der Waals surface area contributed by atoms with Gasteiger partial charge in [-0.3, -0.25) is 4.79 Å². The van der Waals surface area contributed by atoms with Crippen LogP contribution < -0.4 is 10.6 Å². The maximum absolute atomic E-state index is 12.0. The molecule has 1 aromatic heterocycles. The van der Waals surface area contributed by atoms with Crippen molar-refractivity contribution in [2.24, 2.45) is 0 Å². The first-order valence-corrected chi connectivity index (χ1v) is 7.15. The molecule has 108 valence electrons. The second kappa shape index (κ2) is 5.91. The van der Waals surface area contributed by atoms with E-state index >= 15 is 0 Å². The molecule has 1 aliphatic carbocycles. The van der Waals surface area contributed by atoms with Gasteiger partial charge in [0.2, 0.25) is 0 Å². The summed E-state index contributed by atoms with van der Waals surface area (Å²) in [6.07, 6.45) is 2.36. The van der Waals surface area contributed by atoms with E-state index in [-0.39, 0.29) is 5.91 Å². The molecule has 21 heavy (non-hydrogen) atoms. The number of nitrogens with zero attached hydrogens (tertiary/aromatic N) is 2. The number of aryl methyl sites for hydroxylation is 1. The Morgan fingerprint density at radius 2 is 2.00 bits per heavy atom.